The van der Waals surface area contributed by atoms with E-state index in [2.05, 4.69) is 0 Å². The molecule has 1 heterocycles. The lowest BCUT2D eigenvalue weighted by atomic mass is 10.1. The summed E-state index contributed by atoms with van der Waals surface area (Å²) in [5, 5.41) is -0.121. The van der Waals surface area contributed by atoms with Gasteiger partial charge in [0.05, 0.1) is 18.6 Å². The van der Waals surface area contributed by atoms with Crippen molar-refractivity contribution in [2.75, 3.05) is 23.5 Å². The van der Waals surface area contributed by atoms with Crippen LogP contribution < -0.4 is 15.4 Å². The molecule has 0 unspecified atom stereocenters. The third-order valence-electron chi connectivity index (χ3n) is 3.72. The summed E-state index contributed by atoms with van der Waals surface area (Å²) >= 11 is 1.59. The summed E-state index contributed by atoms with van der Waals surface area (Å²) in [4.78, 5) is 14.3. The van der Waals surface area contributed by atoms with Gasteiger partial charge in [0.1, 0.15) is 11.1 Å². The number of rotatable bonds is 3. The molecule has 114 valence electrons. The summed E-state index contributed by atoms with van der Waals surface area (Å²) in [7, 11) is 1.62. The topological polar surface area (TPSA) is 55.6 Å². The Morgan fingerprint density at radius 2 is 2.05 bits per heavy atom. The fourth-order valence-corrected chi connectivity index (χ4v) is 3.85. The highest BCUT2D eigenvalue weighted by Crippen LogP contribution is 2.46. The van der Waals surface area contributed by atoms with E-state index in [1.54, 1.807) is 23.8 Å². The number of amides is 1. The minimum atomic E-state index is -0.121. The van der Waals surface area contributed by atoms with Crippen LogP contribution in [-0.2, 0) is 4.79 Å². The SMILES string of the molecule is COc1ccc(C)cc1N1C(=O)CS[C@@H]1c1ccccc1N. The normalized spacial score (nSPS) is 17.8. The Bertz CT molecular complexity index is 718. The smallest absolute Gasteiger partial charge is 0.238 e. The Morgan fingerprint density at radius 3 is 2.77 bits per heavy atom. The average molecular weight is 314 g/mol. The fourth-order valence-electron chi connectivity index (χ4n) is 2.64. The zero-order valence-corrected chi connectivity index (χ0v) is 13.4. The summed E-state index contributed by atoms with van der Waals surface area (Å²) < 4.78 is 5.44. The first kappa shape index (κ1) is 14.8. The van der Waals surface area contributed by atoms with Crippen molar-refractivity contribution in [3.05, 3.63) is 53.6 Å². The average Bonchev–Trinajstić information content (AvgIpc) is 2.89. The van der Waals surface area contributed by atoms with Crippen molar-refractivity contribution in [1.29, 1.82) is 0 Å². The Hall–Kier alpha value is -2.14. The molecule has 1 saturated heterocycles. The molecule has 1 amide bonds. The van der Waals surface area contributed by atoms with E-state index < -0.39 is 0 Å². The minimum absolute atomic E-state index is 0.0714. The van der Waals surface area contributed by atoms with E-state index in [1.165, 1.54) is 0 Å². The van der Waals surface area contributed by atoms with E-state index in [1.807, 2.05) is 49.4 Å². The highest BCUT2D eigenvalue weighted by molar-refractivity contribution is 8.00. The number of anilines is 2. The Morgan fingerprint density at radius 1 is 1.27 bits per heavy atom. The summed E-state index contributed by atoms with van der Waals surface area (Å²) in [5.74, 6) is 1.21. The first-order chi connectivity index (χ1) is 10.6. The van der Waals surface area contributed by atoms with E-state index in [0.717, 1.165) is 16.8 Å². The van der Waals surface area contributed by atoms with E-state index in [4.69, 9.17) is 10.5 Å². The molecule has 0 saturated carbocycles. The predicted octanol–water partition coefficient (Wildman–Crippen LogP) is 3.36. The van der Waals surface area contributed by atoms with Gasteiger partial charge < -0.3 is 10.5 Å². The van der Waals surface area contributed by atoms with Gasteiger partial charge in [0, 0.05) is 11.3 Å². The van der Waals surface area contributed by atoms with E-state index in [0.29, 0.717) is 17.2 Å². The molecule has 5 heteroatoms. The third kappa shape index (κ3) is 2.52. The van der Waals surface area contributed by atoms with Crippen LogP contribution in [-0.4, -0.2) is 18.8 Å². The van der Waals surface area contributed by atoms with Crippen LogP contribution in [0.2, 0.25) is 0 Å². The number of hydrogen-bond donors (Lipinski definition) is 1. The maximum absolute atomic E-state index is 12.5. The summed E-state index contributed by atoms with van der Waals surface area (Å²) in [6.07, 6.45) is 0. The largest absolute Gasteiger partial charge is 0.495 e. The second-order valence-electron chi connectivity index (χ2n) is 5.23. The van der Waals surface area contributed by atoms with Crippen LogP contribution >= 0.6 is 11.8 Å². The van der Waals surface area contributed by atoms with Gasteiger partial charge in [-0.2, -0.15) is 0 Å². The molecule has 0 bridgehead atoms. The van der Waals surface area contributed by atoms with E-state index >= 15 is 0 Å². The van der Waals surface area contributed by atoms with Gasteiger partial charge in [0.2, 0.25) is 5.91 Å². The van der Waals surface area contributed by atoms with Crippen LogP contribution in [0.1, 0.15) is 16.5 Å². The molecule has 0 spiro atoms. The zero-order chi connectivity index (χ0) is 15.7. The number of benzene rings is 2. The van der Waals surface area contributed by atoms with Crippen LogP contribution in [0.25, 0.3) is 0 Å². The Kier molecular flexibility index (Phi) is 3.98. The maximum Gasteiger partial charge on any atom is 0.238 e. The van der Waals surface area contributed by atoms with Crippen molar-refractivity contribution in [2.45, 2.75) is 12.3 Å². The van der Waals surface area contributed by atoms with Crippen molar-refractivity contribution in [3.63, 3.8) is 0 Å². The second kappa shape index (κ2) is 5.93. The van der Waals surface area contributed by atoms with Crippen LogP contribution in [0.5, 0.6) is 5.75 Å². The molecule has 2 aromatic carbocycles. The molecule has 3 rings (SSSR count). The molecule has 2 aromatic rings. The van der Waals surface area contributed by atoms with E-state index in [-0.39, 0.29) is 11.3 Å². The van der Waals surface area contributed by atoms with Crippen LogP contribution in [0.4, 0.5) is 11.4 Å². The number of ether oxygens (including phenoxy) is 1. The molecule has 22 heavy (non-hydrogen) atoms. The number of thioether (sulfide) groups is 1. The van der Waals surface area contributed by atoms with Crippen LogP contribution in [0.3, 0.4) is 0 Å². The number of methoxy groups -OCH3 is 1. The van der Waals surface area contributed by atoms with Gasteiger partial charge in [0.25, 0.3) is 0 Å². The number of carbonyl (C=O) groups excluding carboxylic acids is 1. The molecule has 4 nitrogen and oxygen atoms in total. The van der Waals surface area contributed by atoms with Crippen LogP contribution in [0, 0.1) is 6.92 Å². The van der Waals surface area contributed by atoms with Crippen molar-refractivity contribution >= 4 is 29.0 Å². The number of aryl methyl sites for hydroxylation is 1. The molecular formula is C17H18N2O2S. The first-order valence-electron chi connectivity index (χ1n) is 7.04. The Balaban J connectivity index is 2.09. The lowest BCUT2D eigenvalue weighted by Gasteiger charge is -2.27. The number of carbonyl (C=O) groups is 1. The Labute approximate surface area is 134 Å². The molecule has 1 fully saturated rings. The molecule has 0 radical (unpaired) electrons. The van der Waals surface area contributed by atoms with Gasteiger partial charge in [-0.1, -0.05) is 24.3 Å². The van der Waals surface area contributed by atoms with Crippen molar-refractivity contribution < 1.29 is 9.53 Å². The quantitative estimate of drug-likeness (QED) is 0.883. The monoisotopic (exact) mass is 314 g/mol. The first-order valence-corrected chi connectivity index (χ1v) is 8.09. The standard InChI is InChI=1S/C17H18N2O2S/c1-11-7-8-15(21-2)14(9-11)19-16(20)10-22-17(19)12-5-3-4-6-13(12)18/h3-9,17H,10,18H2,1-2H3/t17-/m1/s1. The molecular weight excluding hydrogens is 296 g/mol. The predicted molar refractivity (Wildman–Crippen MR) is 91.3 cm³/mol. The lowest BCUT2D eigenvalue weighted by molar-refractivity contribution is -0.115. The molecule has 1 aliphatic rings. The number of nitrogens with zero attached hydrogens (tertiary/aromatic N) is 1. The number of nitrogen functional groups attached to an aromatic ring is 1. The van der Waals surface area contributed by atoms with Crippen molar-refractivity contribution in [2.24, 2.45) is 0 Å². The maximum atomic E-state index is 12.5. The van der Waals surface area contributed by atoms with Gasteiger partial charge in [-0.15, -0.1) is 11.8 Å². The fraction of sp³-hybridized carbons (Fsp3) is 0.235. The third-order valence-corrected chi connectivity index (χ3v) is 4.92. The van der Waals surface area contributed by atoms with Gasteiger partial charge in [-0.3, -0.25) is 9.69 Å². The zero-order valence-electron chi connectivity index (χ0n) is 12.6. The second-order valence-corrected chi connectivity index (χ2v) is 6.30. The lowest BCUT2D eigenvalue weighted by Crippen LogP contribution is -2.28. The summed E-state index contributed by atoms with van der Waals surface area (Å²) in [5.41, 5.74) is 9.65. The van der Waals surface area contributed by atoms with Gasteiger partial charge in [-0.25, -0.2) is 0 Å². The molecule has 0 aliphatic carbocycles. The number of nitrogens with two attached hydrogens (primary N) is 1. The minimum Gasteiger partial charge on any atom is -0.495 e. The van der Waals surface area contributed by atoms with Gasteiger partial charge in [0.15, 0.2) is 0 Å². The van der Waals surface area contributed by atoms with E-state index in [9.17, 15) is 4.79 Å². The molecule has 1 atom stereocenters. The number of hydrogen-bond acceptors (Lipinski definition) is 4. The molecule has 0 aromatic heterocycles. The molecule has 2 N–H and O–H groups in total. The summed E-state index contributed by atoms with van der Waals surface area (Å²) in [6.45, 7) is 2.00. The highest BCUT2D eigenvalue weighted by atomic mass is 32.2. The highest BCUT2D eigenvalue weighted by Gasteiger charge is 2.36. The van der Waals surface area contributed by atoms with Crippen molar-refractivity contribution in [1.82, 2.24) is 0 Å². The van der Waals surface area contributed by atoms with Crippen molar-refractivity contribution in [3.8, 4) is 5.75 Å². The van der Waals surface area contributed by atoms with Gasteiger partial charge >= 0.3 is 0 Å². The molecule has 1 aliphatic heterocycles. The van der Waals surface area contributed by atoms with Crippen LogP contribution in [0.15, 0.2) is 42.5 Å². The summed E-state index contributed by atoms with van der Waals surface area (Å²) in [6, 6.07) is 13.5. The van der Waals surface area contributed by atoms with Gasteiger partial charge in [-0.05, 0) is 30.7 Å². The number of para-hydroxylation sites is 1.